The van der Waals surface area contributed by atoms with Crippen LogP contribution in [0.15, 0.2) is 42.9 Å². The van der Waals surface area contributed by atoms with Crippen molar-refractivity contribution >= 4 is 0 Å². The van der Waals surface area contributed by atoms with Crippen molar-refractivity contribution in [3.63, 3.8) is 0 Å². The highest BCUT2D eigenvalue weighted by Gasteiger charge is 2.22. The molecule has 2 heterocycles. The van der Waals surface area contributed by atoms with Gasteiger partial charge in [-0.2, -0.15) is 0 Å². The summed E-state index contributed by atoms with van der Waals surface area (Å²) in [6.45, 7) is 0.992. The molecule has 2 atom stereocenters. The third kappa shape index (κ3) is 2.86. The van der Waals surface area contributed by atoms with Crippen molar-refractivity contribution in [2.45, 2.75) is 31.4 Å². The zero-order valence-corrected chi connectivity index (χ0v) is 11.4. The number of hydrogen-bond acceptors (Lipinski definition) is 4. The zero-order chi connectivity index (χ0) is 13.8. The molecule has 1 saturated heterocycles. The molecule has 2 unspecified atom stereocenters. The van der Waals surface area contributed by atoms with Crippen molar-refractivity contribution in [1.29, 1.82) is 0 Å². The van der Waals surface area contributed by atoms with E-state index in [1.807, 2.05) is 24.3 Å². The molecule has 0 amide bonds. The van der Waals surface area contributed by atoms with Crippen LogP contribution in [0.5, 0.6) is 0 Å². The first-order valence-corrected chi connectivity index (χ1v) is 7.12. The second kappa shape index (κ2) is 6.11. The van der Waals surface area contributed by atoms with Gasteiger partial charge in [0.15, 0.2) is 0 Å². The number of benzene rings is 1. The molecule has 20 heavy (non-hydrogen) atoms. The molecule has 1 aromatic carbocycles. The van der Waals surface area contributed by atoms with Gasteiger partial charge in [-0.3, -0.25) is 9.97 Å². The van der Waals surface area contributed by atoms with Crippen LogP contribution in [0.2, 0.25) is 0 Å². The average molecular weight is 269 g/mol. The lowest BCUT2D eigenvalue weighted by atomic mass is 9.94. The van der Waals surface area contributed by atoms with Gasteiger partial charge in [0.1, 0.15) is 0 Å². The summed E-state index contributed by atoms with van der Waals surface area (Å²) >= 11 is 0. The highest BCUT2D eigenvalue weighted by molar-refractivity contribution is 5.59. The predicted molar refractivity (Wildman–Crippen MR) is 78.1 cm³/mol. The van der Waals surface area contributed by atoms with E-state index in [1.165, 1.54) is 12.8 Å². The van der Waals surface area contributed by atoms with Crippen LogP contribution in [0.4, 0.5) is 0 Å². The van der Waals surface area contributed by atoms with Gasteiger partial charge in [0.25, 0.3) is 0 Å². The molecule has 1 fully saturated rings. The summed E-state index contributed by atoms with van der Waals surface area (Å²) in [5.41, 5.74) is 2.76. The minimum atomic E-state index is -0.466. The Morgan fingerprint density at radius 1 is 1.25 bits per heavy atom. The molecule has 104 valence electrons. The van der Waals surface area contributed by atoms with Gasteiger partial charge in [-0.05, 0) is 31.0 Å². The second-order valence-electron chi connectivity index (χ2n) is 5.22. The Labute approximate surface area is 118 Å². The normalized spacial score (nSPS) is 20.6. The first-order valence-electron chi connectivity index (χ1n) is 7.12. The third-order valence-electron chi connectivity index (χ3n) is 3.82. The van der Waals surface area contributed by atoms with E-state index < -0.39 is 6.10 Å². The summed E-state index contributed by atoms with van der Waals surface area (Å²) in [7, 11) is 0. The molecule has 1 aliphatic rings. The molecule has 3 rings (SSSR count). The van der Waals surface area contributed by atoms with E-state index in [4.69, 9.17) is 0 Å². The Bertz CT molecular complexity index is 553. The Hall–Kier alpha value is -1.78. The topological polar surface area (TPSA) is 58.0 Å². The van der Waals surface area contributed by atoms with E-state index in [-0.39, 0.29) is 6.04 Å². The van der Waals surface area contributed by atoms with Gasteiger partial charge < -0.3 is 10.4 Å². The van der Waals surface area contributed by atoms with E-state index in [0.717, 1.165) is 29.8 Å². The lowest BCUT2D eigenvalue weighted by Crippen LogP contribution is -2.38. The van der Waals surface area contributed by atoms with Gasteiger partial charge >= 0.3 is 0 Å². The van der Waals surface area contributed by atoms with E-state index >= 15 is 0 Å². The van der Waals surface area contributed by atoms with Crippen LogP contribution in [0.3, 0.4) is 0 Å². The Kier molecular flexibility index (Phi) is 4.04. The summed E-state index contributed by atoms with van der Waals surface area (Å²) < 4.78 is 0. The summed E-state index contributed by atoms with van der Waals surface area (Å²) in [4.78, 5) is 8.39. The van der Waals surface area contributed by atoms with Crippen molar-refractivity contribution in [2.75, 3.05) is 6.54 Å². The summed E-state index contributed by atoms with van der Waals surface area (Å²) in [6.07, 6.45) is 8.02. The van der Waals surface area contributed by atoms with Crippen LogP contribution >= 0.6 is 0 Å². The fraction of sp³-hybridized carbons (Fsp3) is 0.375. The van der Waals surface area contributed by atoms with Crippen LogP contribution < -0.4 is 5.32 Å². The number of hydrogen-bond donors (Lipinski definition) is 2. The van der Waals surface area contributed by atoms with Crippen molar-refractivity contribution in [3.8, 4) is 11.3 Å². The van der Waals surface area contributed by atoms with E-state index in [2.05, 4.69) is 15.3 Å². The second-order valence-corrected chi connectivity index (χ2v) is 5.22. The van der Waals surface area contributed by atoms with Gasteiger partial charge in [-0.1, -0.05) is 24.6 Å². The fourth-order valence-corrected chi connectivity index (χ4v) is 2.71. The van der Waals surface area contributed by atoms with Crippen LogP contribution in [0, 0.1) is 0 Å². The third-order valence-corrected chi connectivity index (χ3v) is 3.82. The minimum absolute atomic E-state index is 0.154. The molecule has 1 aromatic heterocycles. The standard InChI is InChI=1S/C16H19N3O/c20-16(14-6-1-2-7-18-14)13-5-3-4-12(10-13)15-11-17-8-9-19-15/h3-5,8-11,14,16,18,20H,1-2,6-7H2. The summed E-state index contributed by atoms with van der Waals surface area (Å²) in [5, 5.41) is 13.9. The molecular weight excluding hydrogens is 250 g/mol. The summed E-state index contributed by atoms with van der Waals surface area (Å²) in [5.74, 6) is 0. The summed E-state index contributed by atoms with van der Waals surface area (Å²) in [6, 6.07) is 8.09. The maximum atomic E-state index is 10.5. The van der Waals surface area contributed by atoms with E-state index in [0.29, 0.717) is 0 Å². The highest BCUT2D eigenvalue weighted by Crippen LogP contribution is 2.26. The van der Waals surface area contributed by atoms with Gasteiger partial charge in [0.05, 0.1) is 18.0 Å². The Morgan fingerprint density at radius 2 is 2.20 bits per heavy atom. The lowest BCUT2D eigenvalue weighted by molar-refractivity contribution is 0.114. The van der Waals surface area contributed by atoms with Crippen LogP contribution in [0.1, 0.15) is 30.9 Å². The minimum Gasteiger partial charge on any atom is -0.387 e. The van der Waals surface area contributed by atoms with Gasteiger partial charge in [-0.25, -0.2) is 0 Å². The monoisotopic (exact) mass is 269 g/mol. The first kappa shape index (κ1) is 13.2. The molecular formula is C16H19N3O. The predicted octanol–water partition coefficient (Wildman–Crippen LogP) is 2.32. The molecule has 4 nitrogen and oxygen atoms in total. The fourth-order valence-electron chi connectivity index (χ4n) is 2.71. The van der Waals surface area contributed by atoms with Crippen molar-refractivity contribution in [2.24, 2.45) is 0 Å². The van der Waals surface area contributed by atoms with Crippen molar-refractivity contribution in [1.82, 2.24) is 15.3 Å². The molecule has 0 radical (unpaired) electrons. The number of nitrogens with zero attached hydrogens (tertiary/aromatic N) is 2. The smallest absolute Gasteiger partial charge is 0.0943 e. The Balaban J connectivity index is 1.83. The van der Waals surface area contributed by atoms with Crippen LogP contribution in [-0.4, -0.2) is 27.7 Å². The Morgan fingerprint density at radius 3 is 2.95 bits per heavy atom. The van der Waals surface area contributed by atoms with Gasteiger partial charge in [-0.15, -0.1) is 0 Å². The highest BCUT2D eigenvalue weighted by atomic mass is 16.3. The largest absolute Gasteiger partial charge is 0.387 e. The molecule has 0 spiro atoms. The molecule has 1 aliphatic heterocycles. The van der Waals surface area contributed by atoms with Crippen molar-refractivity contribution in [3.05, 3.63) is 48.4 Å². The number of aliphatic hydroxyl groups is 1. The maximum Gasteiger partial charge on any atom is 0.0943 e. The SMILES string of the molecule is OC(c1cccc(-c2cnccn2)c1)C1CCCCN1. The number of aromatic nitrogens is 2. The number of piperidine rings is 1. The molecule has 0 bridgehead atoms. The number of rotatable bonds is 3. The molecule has 4 heteroatoms. The molecule has 0 saturated carbocycles. The van der Waals surface area contributed by atoms with Gasteiger partial charge in [0.2, 0.25) is 0 Å². The average Bonchev–Trinajstić information content (AvgIpc) is 2.56. The van der Waals surface area contributed by atoms with E-state index in [9.17, 15) is 5.11 Å². The first-order chi connectivity index (χ1) is 9.84. The molecule has 2 N–H and O–H groups in total. The maximum absolute atomic E-state index is 10.5. The van der Waals surface area contributed by atoms with Gasteiger partial charge in [0, 0.05) is 24.0 Å². The number of aliphatic hydroxyl groups excluding tert-OH is 1. The van der Waals surface area contributed by atoms with E-state index in [1.54, 1.807) is 18.6 Å². The lowest BCUT2D eigenvalue weighted by Gasteiger charge is -2.28. The number of nitrogens with one attached hydrogen (secondary N) is 1. The van der Waals surface area contributed by atoms with Crippen LogP contribution in [-0.2, 0) is 0 Å². The zero-order valence-electron chi connectivity index (χ0n) is 11.4. The molecule has 2 aromatic rings. The van der Waals surface area contributed by atoms with Crippen LogP contribution in [0.25, 0.3) is 11.3 Å². The quantitative estimate of drug-likeness (QED) is 0.898. The van der Waals surface area contributed by atoms with Crippen molar-refractivity contribution < 1.29 is 5.11 Å². The molecule has 0 aliphatic carbocycles.